The molecule has 256 valence electrons. The topological polar surface area (TPSA) is 200 Å². The number of hydrogen-bond acceptors (Lipinski definition) is 7. The zero-order valence-corrected chi connectivity index (χ0v) is 26.1. The Labute approximate surface area is 266 Å². The Hall–Kier alpha value is -4.50. The second-order valence-electron chi connectivity index (χ2n) is 10.1. The first-order valence-corrected chi connectivity index (χ1v) is 14.5. The van der Waals surface area contributed by atoms with Gasteiger partial charge in [-0.25, -0.2) is 0 Å². The molecule has 0 aromatic heterocycles. The molecule has 5 amide bonds. The van der Waals surface area contributed by atoms with Crippen LogP contribution < -0.4 is 27.0 Å². The van der Waals surface area contributed by atoms with Crippen molar-refractivity contribution in [2.45, 2.75) is 77.4 Å². The number of nitrogens with one attached hydrogen (secondary N) is 4. The van der Waals surface area contributed by atoms with Crippen LogP contribution in [0, 0.1) is 0 Å². The molecule has 8 N–H and O–H groups in total. The molecule has 0 saturated carbocycles. The first-order valence-electron chi connectivity index (χ1n) is 14.5. The van der Waals surface area contributed by atoms with E-state index in [4.69, 9.17) is 15.9 Å². The molecule has 15 heteroatoms. The number of benzene rings is 2. The number of aliphatic hydroxyl groups is 2. The van der Waals surface area contributed by atoms with E-state index in [0.717, 1.165) is 17.5 Å². The van der Waals surface area contributed by atoms with E-state index in [2.05, 4.69) is 24.5 Å². The number of carbonyl (C=O) groups excluding carboxylic acids is 5. The van der Waals surface area contributed by atoms with Crippen molar-refractivity contribution < 1.29 is 47.4 Å². The minimum Gasteiger partial charge on any atom is -0.392 e. The van der Waals surface area contributed by atoms with Crippen LogP contribution in [-0.4, -0.2) is 77.7 Å². The maximum absolute atomic E-state index is 12.3. The first-order chi connectivity index (χ1) is 21.7. The number of halogens is 3. The molecule has 12 nitrogen and oxygen atoms in total. The molecule has 2 aromatic carbocycles. The van der Waals surface area contributed by atoms with Crippen LogP contribution in [0.5, 0.6) is 0 Å². The largest absolute Gasteiger partial charge is 0.416 e. The number of amides is 5. The predicted octanol–water partition coefficient (Wildman–Crippen LogP) is 1.48. The fourth-order valence-electron chi connectivity index (χ4n) is 3.60. The van der Waals surface area contributed by atoms with Crippen LogP contribution in [-0.2, 0) is 32.2 Å². The number of rotatable bonds is 15. The van der Waals surface area contributed by atoms with E-state index >= 15 is 0 Å². The van der Waals surface area contributed by atoms with Gasteiger partial charge in [0.1, 0.15) is 0 Å². The summed E-state index contributed by atoms with van der Waals surface area (Å²) >= 11 is 0. The van der Waals surface area contributed by atoms with Gasteiger partial charge in [0, 0.05) is 18.0 Å². The van der Waals surface area contributed by atoms with Gasteiger partial charge in [0.25, 0.3) is 5.91 Å². The molecule has 0 aliphatic rings. The van der Waals surface area contributed by atoms with Crippen molar-refractivity contribution in [2.24, 2.45) is 5.73 Å². The highest BCUT2D eigenvalue weighted by molar-refractivity contribution is 5.96. The Balaban J connectivity index is 0.000000832. The highest BCUT2D eigenvalue weighted by Crippen LogP contribution is 2.24. The Morgan fingerprint density at radius 2 is 1.48 bits per heavy atom. The van der Waals surface area contributed by atoms with Crippen LogP contribution in [0.2, 0.25) is 0 Å². The van der Waals surface area contributed by atoms with Crippen LogP contribution in [0.1, 0.15) is 61.5 Å². The van der Waals surface area contributed by atoms with E-state index in [1.807, 2.05) is 47.9 Å². The molecule has 0 radical (unpaired) electrons. The number of carbonyl (C=O) groups is 5. The zero-order chi connectivity index (χ0) is 35.1. The Kier molecular flexibility index (Phi) is 20.7. The summed E-state index contributed by atoms with van der Waals surface area (Å²) in [7, 11) is 0. The number of hydrogen-bond donors (Lipinski definition) is 7. The van der Waals surface area contributed by atoms with Crippen LogP contribution in [0.15, 0.2) is 54.6 Å². The van der Waals surface area contributed by atoms with Crippen LogP contribution in [0.3, 0.4) is 0 Å². The molecule has 0 saturated heterocycles. The van der Waals surface area contributed by atoms with Crippen LogP contribution >= 0.6 is 0 Å². The second kappa shape index (κ2) is 22.9. The van der Waals surface area contributed by atoms with Gasteiger partial charge in [-0.3, -0.25) is 24.0 Å². The van der Waals surface area contributed by atoms with Gasteiger partial charge in [-0.1, -0.05) is 62.7 Å². The molecule has 0 bridgehead atoms. The minimum absolute atomic E-state index is 0.0133. The van der Waals surface area contributed by atoms with Crippen molar-refractivity contribution >= 4 is 30.0 Å². The third kappa shape index (κ3) is 19.0. The predicted molar refractivity (Wildman–Crippen MR) is 165 cm³/mol. The normalized spacial score (nSPS) is 12.3. The molecule has 0 spiro atoms. The van der Waals surface area contributed by atoms with Crippen molar-refractivity contribution in [1.29, 1.82) is 0 Å². The summed E-state index contributed by atoms with van der Waals surface area (Å²) in [6, 6.07) is 14.8. The fourth-order valence-corrected chi connectivity index (χ4v) is 3.60. The number of aliphatic hydroxyl groups excluding tert-OH is 2. The van der Waals surface area contributed by atoms with Crippen molar-refractivity contribution in [1.82, 2.24) is 21.3 Å². The van der Waals surface area contributed by atoms with Gasteiger partial charge in [0.15, 0.2) is 6.10 Å². The van der Waals surface area contributed by atoms with Crippen molar-refractivity contribution in [2.75, 3.05) is 13.1 Å². The Morgan fingerprint density at radius 3 is 1.98 bits per heavy atom. The number of nitrogens with two attached hydrogens (primary N) is 1. The lowest BCUT2D eigenvalue weighted by Crippen LogP contribution is -2.51. The van der Waals surface area contributed by atoms with E-state index in [-0.39, 0.29) is 37.4 Å². The van der Waals surface area contributed by atoms with E-state index in [9.17, 15) is 37.1 Å². The molecule has 0 aliphatic carbocycles. The molecule has 46 heavy (non-hydrogen) atoms. The smallest absolute Gasteiger partial charge is 0.392 e. The SMILES string of the molecule is CC(Cc1ccccc1)NC(=O)CNC(=O)c1ccc(CO)cc1.CCC.NC(=O)CCC(NC(=O)CNC=O)C(O)C(F)(F)F. The van der Waals surface area contributed by atoms with Crippen LogP contribution in [0.25, 0.3) is 0 Å². The van der Waals surface area contributed by atoms with Gasteiger partial charge >= 0.3 is 6.18 Å². The molecule has 0 fully saturated rings. The van der Waals surface area contributed by atoms with Gasteiger partial charge in [0.05, 0.1) is 25.7 Å². The lowest BCUT2D eigenvalue weighted by molar-refractivity contribution is -0.212. The van der Waals surface area contributed by atoms with Gasteiger partial charge in [0.2, 0.25) is 24.1 Å². The summed E-state index contributed by atoms with van der Waals surface area (Å²) in [4.78, 5) is 55.5. The molecular weight excluding hydrogens is 611 g/mol. The number of alkyl halides is 3. The second-order valence-corrected chi connectivity index (χ2v) is 10.1. The Bertz CT molecular complexity index is 1200. The number of primary amides is 1. The molecule has 0 heterocycles. The standard InChI is InChI=1S/C19H22N2O3.C9H14F3N3O4.C3H8/c1-14(11-15-5-3-2-4-6-15)21-18(23)12-20-19(24)17-9-7-16(13-22)8-10-17;10-9(11,12)8(19)5(1-2-6(13)17)15-7(18)3-14-4-16;1-3-2/h2-10,14,22H,11-13H2,1H3,(H,20,24)(H,21,23);4-5,8,19H,1-3H2,(H2,13,17)(H,14,16)(H,15,18);3H2,1-2H3. The van der Waals surface area contributed by atoms with Gasteiger partial charge in [-0.05, 0) is 43.0 Å². The molecule has 3 atom stereocenters. The van der Waals surface area contributed by atoms with Crippen molar-refractivity contribution in [3.63, 3.8) is 0 Å². The lowest BCUT2D eigenvalue weighted by atomic mass is 10.0. The van der Waals surface area contributed by atoms with E-state index < -0.39 is 49.5 Å². The zero-order valence-electron chi connectivity index (χ0n) is 26.1. The minimum atomic E-state index is -4.95. The average Bonchev–Trinajstić information content (AvgIpc) is 3.01. The fraction of sp³-hybridized carbons (Fsp3) is 0.452. The molecular formula is C31H44F3N5O7. The summed E-state index contributed by atoms with van der Waals surface area (Å²) < 4.78 is 37.0. The highest BCUT2D eigenvalue weighted by atomic mass is 19.4. The highest BCUT2D eigenvalue weighted by Gasteiger charge is 2.44. The molecule has 0 aliphatic heterocycles. The summed E-state index contributed by atoms with van der Waals surface area (Å²) in [5, 5.41) is 27.3. The maximum Gasteiger partial charge on any atom is 0.416 e. The molecule has 2 rings (SSSR count). The summed E-state index contributed by atoms with van der Waals surface area (Å²) in [5.41, 5.74) is 7.13. The maximum atomic E-state index is 12.3. The third-order valence-electron chi connectivity index (χ3n) is 5.71. The summed E-state index contributed by atoms with van der Waals surface area (Å²) in [6.07, 6.45) is -6.50. The monoisotopic (exact) mass is 655 g/mol. The van der Waals surface area contributed by atoms with Gasteiger partial charge in [-0.2, -0.15) is 13.2 Å². The summed E-state index contributed by atoms with van der Waals surface area (Å²) in [5.74, 6) is -2.33. The van der Waals surface area contributed by atoms with Crippen molar-refractivity contribution in [3.8, 4) is 0 Å². The molecule has 3 unspecified atom stereocenters. The lowest BCUT2D eigenvalue weighted by Gasteiger charge is -2.25. The van der Waals surface area contributed by atoms with Gasteiger partial charge in [-0.15, -0.1) is 0 Å². The first kappa shape index (κ1) is 41.5. The van der Waals surface area contributed by atoms with E-state index in [1.54, 1.807) is 24.3 Å². The van der Waals surface area contributed by atoms with Crippen LogP contribution in [0.4, 0.5) is 13.2 Å². The molecule has 2 aromatic rings. The van der Waals surface area contributed by atoms with Gasteiger partial charge < -0.3 is 37.2 Å². The quantitative estimate of drug-likeness (QED) is 0.141. The summed E-state index contributed by atoms with van der Waals surface area (Å²) in [6.45, 7) is 5.50. The van der Waals surface area contributed by atoms with E-state index in [1.165, 1.54) is 6.42 Å². The average molecular weight is 656 g/mol. The Morgan fingerprint density at radius 1 is 0.913 bits per heavy atom. The third-order valence-corrected chi connectivity index (χ3v) is 5.71. The van der Waals surface area contributed by atoms with Crippen molar-refractivity contribution in [3.05, 3.63) is 71.3 Å². The van der Waals surface area contributed by atoms with E-state index in [0.29, 0.717) is 5.56 Å².